The minimum Gasteiger partial charge on any atom is -0.468 e. The number of ketones is 1. The van der Waals surface area contributed by atoms with Crippen LogP contribution in [-0.4, -0.2) is 36.0 Å². The smallest absolute Gasteiger partial charge is 0.323 e. The van der Waals surface area contributed by atoms with E-state index in [9.17, 15) is 9.59 Å². The van der Waals surface area contributed by atoms with E-state index in [0.717, 1.165) is 22.4 Å². The molecule has 1 atom stereocenters. The van der Waals surface area contributed by atoms with Crippen LogP contribution < -0.4 is 5.32 Å². The number of carbonyl (C=O) groups excluding carboxylic acids is 2. The van der Waals surface area contributed by atoms with Crippen molar-refractivity contribution in [1.29, 1.82) is 0 Å². The van der Waals surface area contributed by atoms with Crippen molar-refractivity contribution in [3.8, 4) is 5.69 Å². The fraction of sp³-hybridized carbons (Fsp3) is 0.250. The van der Waals surface area contributed by atoms with Crippen LogP contribution in [0.15, 0.2) is 67.0 Å². The molecule has 0 saturated heterocycles. The second kappa shape index (κ2) is 9.34. The normalized spacial score (nSPS) is 11.8. The van der Waals surface area contributed by atoms with E-state index in [-0.39, 0.29) is 18.3 Å². The summed E-state index contributed by atoms with van der Waals surface area (Å²) in [6, 6.07) is 17.1. The molecule has 0 amide bonds. The van der Waals surface area contributed by atoms with Crippen molar-refractivity contribution >= 4 is 11.8 Å². The van der Waals surface area contributed by atoms with E-state index in [4.69, 9.17) is 4.74 Å². The van der Waals surface area contributed by atoms with Crippen LogP contribution in [0.4, 0.5) is 0 Å². The van der Waals surface area contributed by atoms with E-state index in [1.165, 1.54) is 7.11 Å². The predicted octanol–water partition coefficient (Wildman–Crippen LogP) is 3.65. The number of aromatic nitrogens is 1. The molecular formula is C24H26N2O3. The molecule has 1 heterocycles. The minimum atomic E-state index is -0.590. The number of nitrogens with zero attached hydrogens (tertiary/aromatic N) is 1. The summed E-state index contributed by atoms with van der Waals surface area (Å²) in [5, 5.41) is 3.07. The van der Waals surface area contributed by atoms with Gasteiger partial charge >= 0.3 is 5.97 Å². The third-order valence-electron chi connectivity index (χ3n) is 4.82. The fourth-order valence-electron chi connectivity index (χ4n) is 3.38. The summed E-state index contributed by atoms with van der Waals surface area (Å²) in [6.45, 7) is 4.00. The molecule has 0 saturated carbocycles. The molecule has 0 aliphatic heterocycles. The van der Waals surface area contributed by atoms with Gasteiger partial charge in [0, 0.05) is 23.6 Å². The zero-order valence-corrected chi connectivity index (χ0v) is 17.0. The van der Waals surface area contributed by atoms with Crippen LogP contribution in [0.1, 0.15) is 27.0 Å². The van der Waals surface area contributed by atoms with E-state index < -0.39 is 6.04 Å². The van der Waals surface area contributed by atoms with Crippen LogP contribution >= 0.6 is 0 Å². The molecule has 0 fully saturated rings. The number of hydrogen-bond donors (Lipinski definition) is 1. The lowest BCUT2D eigenvalue weighted by atomic mass is 10.0. The number of Topliss-reactive ketones (excluding diaryl/α,β-unsaturated/α-hetero) is 1. The Morgan fingerprint density at radius 1 is 1.00 bits per heavy atom. The Kier molecular flexibility index (Phi) is 6.62. The lowest BCUT2D eigenvalue weighted by Gasteiger charge is -2.17. The number of carbonyl (C=O) groups is 2. The van der Waals surface area contributed by atoms with Crippen molar-refractivity contribution in [2.45, 2.75) is 26.3 Å². The third-order valence-corrected chi connectivity index (χ3v) is 4.82. The Bertz CT molecular complexity index is 956. The Labute approximate surface area is 171 Å². The number of methoxy groups -OCH3 is 1. The number of rotatable bonds is 8. The van der Waals surface area contributed by atoms with Crippen molar-refractivity contribution in [2.75, 3.05) is 13.7 Å². The second-order valence-corrected chi connectivity index (χ2v) is 7.22. The zero-order chi connectivity index (χ0) is 20.8. The highest BCUT2D eigenvalue weighted by molar-refractivity contribution is 5.98. The first-order valence-electron chi connectivity index (χ1n) is 9.61. The Balaban J connectivity index is 1.66. The first kappa shape index (κ1) is 20.6. The summed E-state index contributed by atoms with van der Waals surface area (Å²) in [7, 11) is 1.36. The van der Waals surface area contributed by atoms with Crippen LogP contribution in [0.25, 0.3) is 5.69 Å². The van der Waals surface area contributed by atoms with Gasteiger partial charge < -0.3 is 9.30 Å². The van der Waals surface area contributed by atoms with Crippen LogP contribution in [-0.2, 0) is 16.0 Å². The van der Waals surface area contributed by atoms with Gasteiger partial charge in [-0.3, -0.25) is 14.9 Å². The third kappa shape index (κ3) is 5.42. The number of benzene rings is 2. The summed E-state index contributed by atoms with van der Waals surface area (Å²) in [4.78, 5) is 24.8. The van der Waals surface area contributed by atoms with Gasteiger partial charge in [-0.25, -0.2) is 0 Å². The number of esters is 1. The predicted molar refractivity (Wildman–Crippen MR) is 114 cm³/mol. The second-order valence-electron chi connectivity index (χ2n) is 7.22. The van der Waals surface area contributed by atoms with E-state index in [1.807, 2.05) is 85.4 Å². The van der Waals surface area contributed by atoms with E-state index >= 15 is 0 Å². The van der Waals surface area contributed by atoms with Gasteiger partial charge in [0.2, 0.25) is 0 Å². The fourth-order valence-corrected chi connectivity index (χ4v) is 3.38. The topological polar surface area (TPSA) is 60.3 Å². The molecule has 1 N–H and O–H groups in total. The van der Waals surface area contributed by atoms with Gasteiger partial charge in [0.15, 0.2) is 5.78 Å². The summed E-state index contributed by atoms with van der Waals surface area (Å²) in [6.07, 6.45) is 4.40. The molecule has 0 bridgehead atoms. The van der Waals surface area contributed by atoms with Gasteiger partial charge in [-0.15, -0.1) is 0 Å². The average Bonchev–Trinajstić information content (AvgIpc) is 3.25. The van der Waals surface area contributed by atoms with Crippen molar-refractivity contribution in [1.82, 2.24) is 9.88 Å². The maximum atomic E-state index is 12.6. The first-order valence-corrected chi connectivity index (χ1v) is 9.61. The van der Waals surface area contributed by atoms with E-state index in [1.54, 1.807) is 0 Å². The summed E-state index contributed by atoms with van der Waals surface area (Å²) in [5.41, 5.74) is 4.77. The molecule has 0 aliphatic carbocycles. The quantitative estimate of drug-likeness (QED) is 0.471. The van der Waals surface area contributed by atoms with Gasteiger partial charge in [0.05, 0.1) is 13.7 Å². The van der Waals surface area contributed by atoms with Crippen molar-refractivity contribution in [3.05, 3.63) is 89.2 Å². The molecule has 0 spiro atoms. The summed E-state index contributed by atoms with van der Waals surface area (Å²) < 4.78 is 6.94. The Hall–Kier alpha value is -3.18. The Morgan fingerprint density at radius 3 is 2.21 bits per heavy atom. The highest BCUT2D eigenvalue weighted by Gasteiger charge is 2.21. The highest BCUT2D eigenvalue weighted by Crippen LogP contribution is 2.13. The minimum absolute atomic E-state index is 0.0475. The van der Waals surface area contributed by atoms with Crippen molar-refractivity contribution < 1.29 is 14.3 Å². The van der Waals surface area contributed by atoms with Gasteiger partial charge in [-0.05, 0) is 62.2 Å². The van der Waals surface area contributed by atoms with Crippen molar-refractivity contribution in [2.24, 2.45) is 0 Å². The molecule has 5 nitrogen and oxygen atoms in total. The first-order chi connectivity index (χ1) is 14.0. The highest BCUT2D eigenvalue weighted by atomic mass is 16.5. The molecule has 5 heteroatoms. The number of nitrogens with one attached hydrogen (secondary N) is 1. The van der Waals surface area contributed by atoms with Gasteiger partial charge in [-0.1, -0.05) is 29.3 Å². The van der Waals surface area contributed by atoms with E-state index in [0.29, 0.717) is 12.0 Å². The molecule has 3 rings (SSSR count). The van der Waals surface area contributed by atoms with Crippen molar-refractivity contribution in [3.63, 3.8) is 0 Å². The molecular weight excluding hydrogens is 364 g/mol. The number of aryl methyl sites for hydroxylation is 2. The molecule has 3 aromatic rings. The molecule has 29 heavy (non-hydrogen) atoms. The van der Waals surface area contributed by atoms with Gasteiger partial charge in [0.1, 0.15) is 6.04 Å². The van der Waals surface area contributed by atoms with Gasteiger partial charge in [0.25, 0.3) is 0 Å². The lowest BCUT2D eigenvalue weighted by Crippen LogP contribution is -2.42. The standard InChI is InChI=1S/C24H26N2O3/c1-17-12-18(2)14-20(13-17)23(27)16-25-22(24(28)29-3)15-19-6-8-21(9-7-19)26-10-4-5-11-26/h4-14,22,25H,15-16H2,1-3H3/t22-/m0/s1. The molecule has 0 radical (unpaired) electrons. The number of hydrogen-bond acceptors (Lipinski definition) is 4. The van der Waals surface area contributed by atoms with E-state index in [2.05, 4.69) is 5.32 Å². The van der Waals surface area contributed by atoms with Crippen LogP contribution in [0, 0.1) is 13.8 Å². The lowest BCUT2D eigenvalue weighted by molar-refractivity contribution is -0.143. The SMILES string of the molecule is COC(=O)[C@H](Cc1ccc(-n2cccc2)cc1)NCC(=O)c1cc(C)cc(C)c1. The largest absolute Gasteiger partial charge is 0.468 e. The van der Waals surface area contributed by atoms with Crippen LogP contribution in [0.5, 0.6) is 0 Å². The monoisotopic (exact) mass is 390 g/mol. The molecule has 0 unspecified atom stereocenters. The molecule has 0 aliphatic rings. The molecule has 150 valence electrons. The number of ether oxygens (including phenoxy) is 1. The molecule has 2 aromatic carbocycles. The summed E-state index contributed by atoms with van der Waals surface area (Å²) >= 11 is 0. The Morgan fingerprint density at radius 2 is 1.62 bits per heavy atom. The van der Waals surface area contributed by atoms with Crippen LogP contribution in [0.3, 0.4) is 0 Å². The maximum Gasteiger partial charge on any atom is 0.323 e. The van der Waals surface area contributed by atoms with Gasteiger partial charge in [-0.2, -0.15) is 0 Å². The maximum absolute atomic E-state index is 12.6. The zero-order valence-electron chi connectivity index (χ0n) is 17.0. The average molecular weight is 390 g/mol. The summed E-state index contributed by atoms with van der Waals surface area (Å²) in [5.74, 6) is -0.429. The van der Waals surface area contributed by atoms with Crippen LogP contribution in [0.2, 0.25) is 0 Å². The molecule has 1 aromatic heterocycles.